The van der Waals surface area contributed by atoms with Gasteiger partial charge in [0, 0.05) is 18.8 Å². The van der Waals surface area contributed by atoms with E-state index in [2.05, 4.69) is 0 Å². The molecule has 0 radical (unpaired) electrons. The standard InChI is InChI=1S/C17H19NO5/c1-4-22-16(20)10-13(17(21)23-5-2)11-7-6-8-14-12(11)9-15(19)18(14)3/h6-8,10H,4-5,9H2,1-3H3/b13-10-. The van der Waals surface area contributed by atoms with Crippen molar-refractivity contribution in [3.8, 4) is 0 Å². The molecule has 0 unspecified atom stereocenters. The second kappa shape index (κ2) is 7.09. The number of nitrogens with zero attached hydrogens (tertiary/aromatic N) is 1. The Morgan fingerprint density at radius 1 is 1.22 bits per heavy atom. The Kier molecular flexibility index (Phi) is 5.16. The van der Waals surface area contributed by atoms with Crippen LogP contribution >= 0.6 is 0 Å². The normalized spacial score (nSPS) is 13.8. The molecule has 2 rings (SSSR count). The van der Waals surface area contributed by atoms with E-state index in [1.165, 1.54) is 4.90 Å². The van der Waals surface area contributed by atoms with Crippen molar-refractivity contribution >= 4 is 29.1 Å². The maximum atomic E-state index is 12.2. The van der Waals surface area contributed by atoms with Crippen LogP contribution in [0.4, 0.5) is 5.69 Å². The molecule has 0 saturated carbocycles. The summed E-state index contributed by atoms with van der Waals surface area (Å²) in [4.78, 5) is 37.5. The van der Waals surface area contributed by atoms with E-state index in [4.69, 9.17) is 9.47 Å². The van der Waals surface area contributed by atoms with Gasteiger partial charge in [-0.1, -0.05) is 12.1 Å². The molecule has 1 aliphatic rings. The highest BCUT2D eigenvalue weighted by molar-refractivity contribution is 6.22. The Morgan fingerprint density at radius 2 is 1.91 bits per heavy atom. The number of anilines is 1. The van der Waals surface area contributed by atoms with Gasteiger partial charge in [0.25, 0.3) is 0 Å². The third-order valence-corrected chi connectivity index (χ3v) is 3.55. The Hall–Kier alpha value is -2.63. The molecule has 1 aromatic rings. The van der Waals surface area contributed by atoms with E-state index >= 15 is 0 Å². The molecule has 0 saturated heterocycles. The lowest BCUT2D eigenvalue weighted by Crippen LogP contribution is -2.20. The molecule has 1 heterocycles. The molecule has 23 heavy (non-hydrogen) atoms. The summed E-state index contributed by atoms with van der Waals surface area (Å²) in [5, 5.41) is 0. The Morgan fingerprint density at radius 3 is 2.57 bits per heavy atom. The van der Waals surface area contributed by atoms with Crippen LogP contribution < -0.4 is 4.90 Å². The number of carbonyl (C=O) groups is 3. The average molecular weight is 317 g/mol. The van der Waals surface area contributed by atoms with Crippen molar-refractivity contribution in [3.63, 3.8) is 0 Å². The average Bonchev–Trinajstić information content (AvgIpc) is 2.81. The molecule has 0 atom stereocenters. The van der Waals surface area contributed by atoms with E-state index in [0.29, 0.717) is 11.1 Å². The van der Waals surface area contributed by atoms with Gasteiger partial charge in [-0.25, -0.2) is 9.59 Å². The first kappa shape index (κ1) is 16.7. The van der Waals surface area contributed by atoms with Crippen molar-refractivity contribution in [1.82, 2.24) is 0 Å². The molecule has 6 heteroatoms. The van der Waals surface area contributed by atoms with Gasteiger partial charge in [0.15, 0.2) is 0 Å². The molecule has 122 valence electrons. The number of fused-ring (bicyclic) bond motifs is 1. The Bertz CT molecular complexity index is 678. The van der Waals surface area contributed by atoms with Crippen LogP contribution in [0.15, 0.2) is 24.3 Å². The molecular formula is C17H19NO5. The highest BCUT2D eigenvalue weighted by Crippen LogP contribution is 2.34. The first-order valence-electron chi connectivity index (χ1n) is 7.44. The van der Waals surface area contributed by atoms with Crippen LogP contribution in [-0.4, -0.2) is 38.1 Å². The molecule has 1 aromatic carbocycles. The summed E-state index contributed by atoms with van der Waals surface area (Å²) in [6.07, 6.45) is 1.31. The molecule has 6 nitrogen and oxygen atoms in total. The van der Waals surface area contributed by atoms with Gasteiger partial charge in [-0.15, -0.1) is 0 Å². The second-order valence-electron chi connectivity index (χ2n) is 4.96. The molecule has 0 aliphatic carbocycles. The number of ether oxygens (including phenoxy) is 2. The number of benzene rings is 1. The number of rotatable bonds is 5. The van der Waals surface area contributed by atoms with Gasteiger partial charge >= 0.3 is 11.9 Å². The highest BCUT2D eigenvalue weighted by Gasteiger charge is 2.29. The second-order valence-corrected chi connectivity index (χ2v) is 4.96. The molecule has 1 aliphatic heterocycles. The smallest absolute Gasteiger partial charge is 0.339 e. The van der Waals surface area contributed by atoms with Gasteiger partial charge in [-0.3, -0.25) is 4.79 Å². The van der Waals surface area contributed by atoms with E-state index in [1.54, 1.807) is 39.1 Å². The van der Waals surface area contributed by atoms with Gasteiger partial charge in [0.1, 0.15) is 0 Å². The first-order chi connectivity index (χ1) is 11.0. The monoisotopic (exact) mass is 317 g/mol. The van der Waals surface area contributed by atoms with Crippen molar-refractivity contribution in [2.75, 3.05) is 25.2 Å². The summed E-state index contributed by atoms with van der Waals surface area (Å²) in [5.41, 5.74) is 2.06. The maximum absolute atomic E-state index is 12.2. The summed E-state index contributed by atoms with van der Waals surface area (Å²) >= 11 is 0. The quantitative estimate of drug-likeness (QED) is 0.611. The lowest BCUT2D eigenvalue weighted by atomic mass is 9.97. The molecule has 0 aromatic heterocycles. The predicted molar refractivity (Wildman–Crippen MR) is 84.8 cm³/mol. The SMILES string of the molecule is CCOC(=O)/C=C(\C(=O)OCC)c1cccc2c1CC(=O)N2C. The van der Waals surface area contributed by atoms with E-state index < -0.39 is 11.9 Å². The van der Waals surface area contributed by atoms with Gasteiger partial charge < -0.3 is 14.4 Å². The van der Waals surface area contributed by atoms with Crippen molar-refractivity contribution in [2.24, 2.45) is 0 Å². The molecule has 1 amide bonds. The lowest BCUT2D eigenvalue weighted by Gasteiger charge is -2.13. The van der Waals surface area contributed by atoms with Crippen LogP contribution in [-0.2, 0) is 30.3 Å². The van der Waals surface area contributed by atoms with Crippen molar-refractivity contribution in [2.45, 2.75) is 20.3 Å². The number of hydrogen-bond acceptors (Lipinski definition) is 5. The zero-order valence-corrected chi connectivity index (χ0v) is 13.4. The summed E-state index contributed by atoms with van der Waals surface area (Å²) in [5.74, 6) is -1.30. The zero-order valence-electron chi connectivity index (χ0n) is 13.4. The summed E-state index contributed by atoms with van der Waals surface area (Å²) in [6.45, 7) is 3.77. The van der Waals surface area contributed by atoms with E-state index in [-0.39, 0.29) is 31.1 Å². The number of likely N-dealkylation sites (N-methyl/N-ethyl adjacent to an activating group) is 1. The van der Waals surface area contributed by atoms with E-state index in [1.807, 2.05) is 0 Å². The summed E-state index contributed by atoms with van der Waals surface area (Å²) in [7, 11) is 1.68. The van der Waals surface area contributed by atoms with E-state index in [9.17, 15) is 14.4 Å². The number of amides is 1. The number of carbonyl (C=O) groups excluding carboxylic acids is 3. The Balaban J connectivity index is 2.51. The highest BCUT2D eigenvalue weighted by atomic mass is 16.5. The van der Waals surface area contributed by atoms with Crippen molar-refractivity contribution < 1.29 is 23.9 Å². The van der Waals surface area contributed by atoms with Crippen molar-refractivity contribution in [1.29, 1.82) is 0 Å². The third kappa shape index (κ3) is 3.41. The minimum absolute atomic E-state index is 0.0632. The topological polar surface area (TPSA) is 72.9 Å². The third-order valence-electron chi connectivity index (χ3n) is 3.55. The van der Waals surface area contributed by atoms with Crippen LogP contribution in [0, 0.1) is 0 Å². The van der Waals surface area contributed by atoms with Crippen LogP contribution in [0.1, 0.15) is 25.0 Å². The van der Waals surface area contributed by atoms with Crippen molar-refractivity contribution in [3.05, 3.63) is 35.4 Å². The van der Waals surface area contributed by atoms with Crippen LogP contribution in [0.2, 0.25) is 0 Å². The van der Waals surface area contributed by atoms with Gasteiger partial charge in [-0.05, 0) is 31.0 Å². The minimum Gasteiger partial charge on any atom is -0.463 e. The molecule has 0 N–H and O–H groups in total. The number of esters is 2. The fourth-order valence-corrected chi connectivity index (χ4v) is 2.49. The number of hydrogen-bond donors (Lipinski definition) is 0. The Labute approximate surface area is 134 Å². The van der Waals surface area contributed by atoms with Crippen LogP contribution in [0.3, 0.4) is 0 Å². The van der Waals surface area contributed by atoms with Crippen LogP contribution in [0.5, 0.6) is 0 Å². The van der Waals surface area contributed by atoms with Gasteiger partial charge in [0.2, 0.25) is 5.91 Å². The fourth-order valence-electron chi connectivity index (χ4n) is 2.49. The first-order valence-corrected chi connectivity index (χ1v) is 7.44. The maximum Gasteiger partial charge on any atom is 0.339 e. The summed E-state index contributed by atoms with van der Waals surface area (Å²) in [6, 6.07) is 5.24. The fraction of sp³-hybridized carbons (Fsp3) is 0.353. The molecule has 0 bridgehead atoms. The molecule has 0 spiro atoms. The zero-order chi connectivity index (χ0) is 17.0. The molecule has 0 fully saturated rings. The minimum atomic E-state index is -0.620. The predicted octanol–water partition coefficient (Wildman–Crippen LogP) is 1.72. The van der Waals surface area contributed by atoms with Gasteiger partial charge in [0.05, 0.1) is 25.2 Å². The largest absolute Gasteiger partial charge is 0.463 e. The summed E-state index contributed by atoms with van der Waals surface area (Å²) < 4.78 is 9.92. The van der Waals surface area contributed by atoms with Crippen LogP contribution in [0.25, 0.3) is 5.57 Å². The van der Waals surface area contributed by atoms with Gasteiger partial charge in [-0.2, -0.15) is 0 Å². The lowest BCUT2D eigenvalue weighted by molar-refractivity contribution is -0.139. The molecular weight excluding hydrogens is 298 g/mol. The van der Waals surface area contributed by atoms with E-state index in [0.717, 1.165) is 11.8 Å².